The van der Waals surface area contributed by atoms with Gasteiger partial charge in [0.15, 0.2) is 11.8 Å². The van der Waals surface area contributed by atoms with Crippen LogP contribution in [0.4, 0.5) is 0 Å². The van der Waals surface area contributed by atoms with Gasteiger partial charge in [0.05, 0.1) is 13.2 Å². The molecule has 0 atom stereocenters. The molecule has 2 rings (SSSR count). The number of aryl methyl sites for hydroxylation is 1. The fourth-order valence-corrected chi connectivity index (χ4v) is 2.95. The molecule has 1 fully saturated rings. The largest absolute Gasteiger partial charge is 0.381 e. The van der Waals surface area contributed by atoms with Gasteiger partial charge in [-0.1, -0.05) is 13.8 Å². The molecule has 30 heavy (non-hydrogen) atoms. The quantitative estimate of drug-likeness (QED) is 0.181. The maximum absolute atomic E-state index is 5.65. The number of halogens is 1. The van der Waals surface area contributed by atoms with Crippen molar-refractivity contribution in [2.24, 2.45) is 18.0 Å². The molecule has 0 spiro atoms. The van der Waals surface area contributed by atoms with E-state index in [0.717, 1.165) is 89.6 Å². The van der Waals surface area contributed by atoms with Crippen LogP contribution in [-0.4, -0.2) is 84.8 Å². The summed E-state index contributed by atoms with van der Waals surface area (Å²) in [6, 6.07) is 0. The number of morpholine rings is 1. The van der Waals surface area contributed by atoms with Gasteiger partial charge >= 0.3 is 0 Å². The smallest absolute Gasteiger partial charge is 0.191 e. The first-order valence-corrected chi connectivity index (χ1v) is 10.8. The summed E-state index contributed by atoms with van der Waals surface area (Å²) in [5.41, 5.74) is 0. The molecule has 1 aromatic heterocycles. The molecule has 1 saturated heterocycles. The van der Waals surface area contributed by atoms with Crippen LogP contribution in [0.1, 0.15) is 38.3 Å². The molecule has 0 saturated carbocycles. The first kappa shape index (κ1) is 27.1. The van der Waals surface area contributed by atoms with Gasteiger partial charge in [-0.3, -0.25) is 4.90 Å². The van der Waals surface area contributed by atoms with Gasteiger partial charge in [-0.15, -0.1) is 34.2 Å². The van der Waals surface area contributed by atoms with Crippen molar-refractivity contribution >= 4 is 29.9 Å². The number of hydrogen-bond acceptors (Lipinski definition) is 6. The lowest BCUT2D eigenvalue weighted by molar-refractivity contribution is 0.0376. The van der Waals surface area contributed by atoms with Crippen molar-refractivity contribution in [2.45, 2.75) is 40.2 Å². The summed E-state index contributed by atoms with van der Waals surface area (Å²) < 4.78 is 13.0. The molecule has 0 aliphatic carbocycles. The SMILES string of the molecule is Cc1nnc(CN=C(NCCCOCC(C)C)NCCCN2CCOCC2)n1C.I. The summed E-state index contributed by atoms with van der Waals surface area (Å²) in [7, 11) is 1.97. The summed E-state index contributed by atoms with van der Waals surface area (Å²) in [5.74, 6) is 3.14. The highest BCUT2D eigenvalue weighted by molar-refractivity contribution is 14.0. The number of ether oxygens (including phenoxy) is 2. The highest BCUT2D eigenvalue weighted by atomic mass is 127. The third-order valence-corrected chi connectivity index (χ3v) is 4.82. The monoisotopic (exact) mass is 537 g/mol. The topological polar surface area (TPSA) is 88.8 Å². The standard InChI is InChI=1S/C20H39N7O2.HI/c1-17(2)16-29-12-6-8-22-20(23-15-19-25-24-18(3)26(19)4)21-7-5-9-27-10-13-28-14-11-27;/h17H,5-16H2,1-4H3,(H2,21,22,23);1H. The van der Waals surface area contributed by atoms with Crippen molar-refractivity contribution in [2.75, 3.05) is 59.2 Å². The number of hydrogen-bond donors (Lipinski definition) is 2. The van der Waals surface area contributed by atoms with Crippen molar-refractivity contribution in [3.05, 3.63) is 11.6 Å². The molecule has 0 radical (unpaired) electrons. The van der Waals surface area contributed by atoms with Crippen molar-refractivity contribution in [3.63, 3.8) is 0 Å². The average molecular weight is 537 g/mol. The van der Waals surface area contributed by atoms with Gasteiger partial charge in [0.2, 0.25) is 0 Å². The maximum Gasteiger partial charge on any atom is 0.191 e. The number of rotatable bonds is 12. The van der Waals surface area contributed by atoms with E-state index in [1.54, 1.807) is 0 Å². The third-order valence-electron chi connectivity index (χ3n) is 4.82. The molecule has 1 aliphatic heterocycles. The summed E-state index contributed by atoms with van der Waals surface area (Å²) in [4.78, 5) is 7.14. The highest BCUT2D eigenvalue weighted by Gasteiger charge is 2.10. The first-order valence-electron chi connectivity index (χ1n) is 10.8. The van der Waals surface area contributed by atoms with Gasteiger partial charge in [-0.25, -0.2) is 4.99 Å². The van der Waals surface area contributed by atoms with E-state index in [1.807, 2.05) is 18.5 Å². The fourth-order valence-electron chi connectivity index (χ4n) is 2.95. The Hall–Kier alpha value is -0.980. The van der Waals surface area contributed by atoms with Gasteiger partial charge in [-0.05, 0) is 32.2 Å². The molecule has 2 heterocycles. The third kappa shape index (κ3) is 10.9. The molecule has 1 aliphatic rings. The highest BCUT2D eigenvalue weighted by Crippen LogP contribution is 2.00. The number of aliphatic imine (C=N–C) groups is 1. The zero-order chi connectivity index (χ0) is 20.9. The molecule has 2 N–H and O–H groups in total. The molecule has 174 valence electrons. The zero-order valence-electron chi connectivity index (χ0n) is 19.0. The Morgan fingerprint density at radius 3 is 2.50 bits per heavy atom. The van der Waals surface area contributed by atoms with Crippen LogP contribution in [0.2, 0.25) is 0 Å². The summed E-state index contributed by atoms with van der Waals surface area (Å²) >= 11 is 0. The second-order valence-corrected chi connectivity index (χ2v) is 7.87. The second-order valence-electron chi connectivity index (χ2n) is 7.87. The van der Waals surface area contributed by atoms with E-state index < -0.39 is 0 Å². The number of nitrogens with zero attached hydrogens (tertiary/aromatic N) is 5. The van der Waals surface area contributed by atoms with E-state index in [-0.39, 0.29) is 24.0 Å². The molecular weight excluding hydrogens is 497 g/mol. The van der Waals surface area contributed by atoms with E-state index >= 15 is 0 Å². The van der Waals surface area contributed by atoms with Crippen molar-refractivity contribution in [1.29, 1.82) is 0 Å². The van der Waals surface area contributed by atoms with Gasteiger partial charge in [0.25, 0.3) is 0 Å². The first-order chi connectivity index (χ1) is 14.1. The van der Waals surface area contributed by atoms with Crippen molar-refractivity contribution in [3.8, 4) is 0 Å². The van der Waals surface area contributed by atoms with Crippen LogP contribution in [0.3, 0.4) is 0 Å². The minimum atomic E-state index is 0. The van der Waals surface area contributed by atoms with Gasteiger partial charge < -0.3 is 24.7 Å². The van der Waals surface area contributed by atoms with Crippen LogP contribution in [0.25, 0.3) is 0 Å². The van der Waals surface area contributed by atoms with Crippen LogP contribution >= 0.6 is 24.0 Å². The van der Waals surface area contributed by atoms with E-state index in [9.17, 15) is 0 Å². The number of aromatic nitrogens is 3. The summed E-state index contributed by atoms with van der Waals surface area (Å²) in [5, 5.41) is 15.2. The average Bonchev–Trinajstić information content (AvgIpc) is 3.03. The molecular formula is C20H40IN7O2. The summed E-state index contributed by atoms with van der Waals surface area (Å²) in [6.45, 7) is 14.9. The maximum atomic E-state index is 5.65. The Morgan fingerprint density at radius 1 is 1.17 bits per heavy atom. The Kier molecular flexibility index (Phi) is 14.2. The van der Waals surface area contributed by atoms with Gasteiger partial charge in [0, 0.05) is 46.4 Å². The molecule has 0 bridgehead atoms. The number of guanidine groups is 1. The molecule has 0 aromatic carbocycles. The molecule has 10 heteroatoms. The zero-order valence-corrected chi connectivity index (χ0v) is 21.4. The Bertz CT molecular complexity index is 604. The van der Waals surface area contributed by atoms with Crippen molar-refractivity contribution < 1.29 is 9.47 Å². The van der Waals surface area contributed by atoms with Crippen LogP contribution in [0.5, 0.6) is 0 Å². The van der Waals surface area contributed by atoms with Gasteiger partial charge in [0.1, 0.15) is 12.4 Å². The normalized spacial score (nSPS) is 15.3. The fraction of sp³-hybridized carbons (Fsp3) is 0.850. The lowest BCUT2D eigenvalue weighted by Gasteiger charge is -2.26. The van der Waals surface area contributed by atoms with Crippen LogP contribution in [0, 0.1) is 12.8 Å². The lowest BCUT2D eigenvalue weighted by Crippen LogP contribution is -2.41. The minimum absolute atomic E-state index is 0. The molecule has 0 unspecified atom stereocenters. The summed E-state index contributed by atoms with van der Waals surface area (Å²) in [6.07, 6.45) is 2.02. The van der Waals surface area contributed by atoms with Gasteiger partial charge in [-0.2, -0.15) is 0 Å². The molecule has 9 nitrogen and oxygen atoms in total. The van der Waals surface area contributed by atoms with E-state index in [0.29, 0.717) is 12.5 Å². The van der Waals surface area contributed by atoms with E-state index in [2.05, 4.69) is 39.6 Å². The van der Waals surface area contributed by atoms with Crippen molar-refractivity contribution in [1.82, 2.24) is 30.3 Å². The molecule has 1 aromatic rings. The Balaban J connectivity index is 0.00000450. The predicted octanol–water partition coefficient (Wildman–Crippen LogP) is 1.56. The van der Waals surface area contributed by atoms with E-state index in [1.165, 1.54) is 0 Å². The second kappa shape index (κ2) is 15.8. The van der Waals surface area contributed by atoms with Crippen LogP contribution in [0.15, 0.2) is 4.99 Å². The Labute approximate surface area is 198 Å². The van der Waals surface area contributed by atoms with Crippen LogP contribution in [-0.2, 0) is 23.1 Å². The Morgan fingerprint density at radius 2 is 1.87 bits per heavy atom. The minimum Gasteiger partial charge on any atom is -0.381 e. The lowest BCUT2D eigenvalue weighted by atomic mass is 10.2. The van der Waals surface area contributed by atoms with Crippen LogP contribution < -0.4 is 10.6 Å². The predicted molar refractivity (Wildman–Crippen MR) is 130 cm³/mol. The van der Waals surface area contributed by atoms with E-state index in [4.69, 9.17) is 14.5 Å². The molecule has 0 amide bonds. The number of nitrogens with one attached hydrogen (secondary N) is 2.